The number of rotatable bonds is 31. The zero-order valence-corrected chi connectivity index (χ0v) is 82.1. The van der Waals surface area contributed by atoms with E-state index < -0.39 is 0 Å². The molecule has 660 valence electrons. The van der Waals surface area contributed by atoms with Crippen LogP contribution in [0.15, 0.2) is 179 Å². The number of thiophene rings is 5. The number of ketones is 4. The van der Waals surface area contributed by atoms with Crippen LogP contribution in [0.3, 0.4) is 0 Å². The molecule has 5 aromatic carbocycles. The third kappa shape index (κ3) is 26.8. The molecule has 10 aromatic rings. The van der Waals surface area contributed by atoms with Crippen LogP contribution in [0.1, 0.15) is 270 Å². The van der Waals surface area contributed by atoms with E-state index in [9.17, 15) is 24.3 Å². The van der Waals surface area contributed by atoms with E-state index in [1.807, 2.05) is 151 Å². The number of benzene rings is 5. The first-order chi connectivity index (χ1) is 58.8. The van der Waals surface area contributed by atoms with Crippen molar-refractivity contribution in [3.8, 4) is 0 Å². The van der Waals surface area contributed by atoms with Crippen LogP contribution in [-0.2, 0) is 84.0 Å². The molecule has 5 aliphatic rings. The highest BCUT2D eigenvalue weighted by Crippen LogP contribution is 2.45. The Morgan fingerprint density at radius 1 is 0.301 bits per heavy atom. The highest BCUT2D eigenvalue weighted by molar-refractivity contribution is 7.11. The molecular weight excluding hydrogens is 1720 g/mol. The molecule has 5 unspecified atom stereocenters. The van der Waals surface area contributed by atoms with E-state index >= 15 is 0 Å². The molecular formula is C103H128Cl5N5O5S5. The van der Waals surface area contributed by atoms with Gasteiger partial charge in [0, 0.05) is 173 Å². The third-order valence-electron chi connectivity index (χ3n) is 26.8. The van der Waals surface area contributed by atoms with Crippen molar-refractivity contribution in [2.45, 2.75) is 255 Å². The van der Waals surface area contributed by atoms with Gasteiger partial charge in [-0.25, -0.2) is 0 Å². The largest absolute Gasteiger partial charge is 0.396 e. The van der Waals surface area contributed by atoms with Crippen LogP contribution in [0.2, 0.25) is 25.1 Å². The van der Waals surface area contributed by atoms with Gasteiger partial charge >= 0.3 is 0 Å². The Kier molecular flexibility index (Phi) is 36.8. The molecule has 10 nitrogen and oxygen atoms in total. The smallest absolute Gasteiger partial charge is 0.135 e. The number of carbonyl (C=O) groups is 4. The minimum absolute atomic E-state index is 0.235. The molecule has 1 N–H and O–H groups in total. The average molecular weight is 1850 g/mol. The number of nitrogens with zero attached hydrogens (tertiary/aromatic N) is 5. The molecule has 20 heteroatoms. The number of halogens is 5. The Bertz CT molecular complexity index is 4820. The van der Waals surface area contributed by atoms with Crippen molar-refractivity contribution in [2.24, 2.45) is 21.7 Å². The van der Waals surface area contributed by atoms with Crippen LogP contribution in [0.25, 0.3) is 0 Å². The highest BCUT2D eigenvalue weighted by atomic mass is 35.5. The second-order valence-corrected chi connectivity index (χ2v) is 43.7. The fourth-order valence-corrected chi connectivity index (χ4v) is 23.3. The molecule has 0 aliphatic carbocycles. The van der Waals surface area contributed by atoms with E-state index in [0.29, 0.717) is 18.1 Å². The molecule has 10 heterocycles. The summed E-state index contributed by atoms with van der Waals surface area (Å²) in [5.41, 5.74) is 12.2. The Labute approximate surface area is 779 Å². The molecule has 0 amide bonds. The summed E-state index contributed by atoms with van der Waals surface area (Å²) >= 11 is 41.9. The fraction of sp³-hybridized carbons (Fsp3) is 0.476. The van der Waals surface area contributed by atoms with Crippen molar-refractivity contribution in [1.82, 2.24) is 24.5 Å². The predicted octanol–water partition coefficient (Wildman–Crippen LogP) is 28.6. The summed E-state index contributed by atoms with van der Waals surface area (Å²) in [6.45, 7) is 33.6. The maximum atomic E-state index is 11.9. The van der Waals surface area contributed by atoms with Crippen LogP contribution >= 0.6 is 115 Å². The van der Waals surface area contributed by atoms with Gasteiger partial charge in [0.15, 0.2) is 0 Å². The number of hydrogen-bond acceptors (Lipinski definition) is 15. The topological polar surface area (TPSA) is 105 Å². The van der Waals surface area contributed by atoms with Gasteiger partial charge in [-0.1, -0.05) is 217 Å². The van der Waals surface area contributed by atoms with Crippen molar-refractivity contribution >= 4 is 138 Å². The SMILES string of the molecule is CC(=O)C(C)(C)CCC(c1ccccc1Cl)N1CCc2sccc2C1.CC(=O)C(C)(C)CCC(c1ccccc1Cl)N1CCc2sccc2C1.CC(=O)C(C)(C)CCCC(c1ccccc1Cl)N1CCc2sccc2C1.CC(=O)C(C)(C)CCCC(c1ccccc1Cl)N1CCc2sccc2C1.OCCCC(c1ccccc1Cl)N1CCc2sccc2C1. The third-order valence-corrected chi connectivity index (χ3v) is 33.6. The first kappa shape index (κ1) is 98.1. The second-order valence-electron chi connectivity index (χ2n) is 36.6. The molecule has 123 heavy (non-hydrogen) atoms. The summed E-state index contributed by atoms with van der Waals surface area (Å²) in [6.07, 6.45) is 16.9. The maximum Gasteiger partial charge on any atom is 0.135 e. The summed E-state index contributed by atoms with van der Waals surface area (Å²) < 4.78 is 0. The molecule has 5 aromatic heterocycles. The van der Waals surface area contributed by atoms with Crippen molar-refractivity contribution in [2.75, 3.05) is 39.3 Å². The Hall–Kier alpha value is -5.51. The van der Waals surface area contributed by atoms with Crippen molar-refractivity contribution in [1.29, 1.82) is 0 Å². The molecule has 0 bridgehead atoms. The van der Waals surface area contributed by atoms with Gasteiger partial charge in [-0.2, -0.15) is 0 Å². The minimum atomic E-state index is -0.289. The number of aliphatic hydroxyl groups is 1. The lowest BCUT2D eigenvalue weighted by Gasteiger charge is -2.37. The van der Waals surface area contributed by atoms with Crippen LogP contribution < -0.4 is 0 Å². The zero-order valence-electron chi connectivity index (χ0n) is 74.3. The lowest BCUT2D eigenvalue weighted by atomic mass is 9.81. The first-order valence-corrected chi connectivity index (χ1v) is 50.4. The molecule has 0 saturated carbocycles. The second kappa shape index (κ2) is 46.1. The highest BCUT2D eigenvalue weighted by Gasteiger charge is 2.36. The summed E-state index contributed by atoms with van der Waals surface area (Å²) in [5, 5.41) is 24.4. The average Bonchev–Trinajstić information content (AvgIpc) is 1.81. The van der Waals surface area contributed by atoms with E-state index in [2.05, 4.69) is 164 Å². The summed E-state index contributed by atoms with van der Waals surface area (Å²) in [6, 6.07) is 53.5. The fourth-order valence-electron chi connectivity index (χ4n) is 17.5. The van der Waals surface area contributed by atoms with Gasteiger partial charge in [0.2, 0.25) is 0 Å². The first-order valence-electron chi connectivity index (χ1n) is 44.2. The van der Waals surface area contributed by atoms with Gasteiger partial charge in [-0.05, 0) is 267 Å². The van der Waals surface area contributed by atoms with Crippen LogP contribution in [0.5, 0.6) is 0 Å². The molecule has 0 fully saturated rings. The summed E-state index contributed by atoms with van der Waals surface area (Å²) in [5.74, 6) is 1.05. The van der Waals surface area contributed by atoms with Crippen LogP contribution in [-0.4, -0.2) is 92.1 Å². The van der Waals surface area contributed by atoms with Crippen molar-refractivity contribution in [3.63, 3.8) is 0 Å². The van der Waals surface area contributed by atoms with E-state index in [4.69, 9.17) is 58.0 Å². The maximum absolute atomic E-state index is 11.9. The minimum Gasteiger partial charge on any atom is -0.396 e. The Morgan fingerprint density at radius 2 is 0.496 bits per heavy atom. The lowest BCUT2D eigenvalue weighted by Crippen LogP contribution is -2.35. The van der Waals surface area contributed by atoms with Gasteiger partial charge < -0.3 is 5.11 Å². The summed E-state index contributed by atoms with van der Waals surface area (Å²) in [7, 11) is 0. The van der Waals surface area contributed by atoms with E-state index in [0.717, 1.165) is 200 Å². The van der Waals surface area contributed by atoms with Gasteiger partial charge in [0.25, 0.3) is 0 Å². The molecule has 5 atom stereocenters. The lowest BCUT2D eigenvalue weighted by molar-refractivity contribution is -0.126. The summed E-state index contributed by atoms with van der Waals surface area (Å²) in [4.78, 5) is 67.9. The van der Waals surface area contributed by atoms with E-state index in [1.165, 1.54) is 80.0 Å². The monoisotopic (exact) mass is 1850 g/mol. The van der Waals surface area contributed by atoms with Crippen LogP contribution in [0.4, 0.5) is 0 Å². The van der Waals surface area contributed by atoms with Gasteiger partial charge in [0.1, 0.15) is 23.1 Å². The van der Waals surface area contributed by atoms with Gasteiger partial charge in [0.05, 0.1) is 0 Å². The number of carbonyl (C=O) groups excluding carboxylic acids is 4. The number of aliphatic hydroxyl groups excluding tert-OH is 1. The Balaban J connectivity index is 0.000000150. The molecule has 0 radical (unpaired) electrons. The number of fused-ring (bicyclic) bond motifs is 5. The normalized spacial score (nSPS) is 16.4. The molecule has 15 rings (SSSR count). The Morgan fingerprint density at radius 3 is 0.699 bits per heavy atom. The predicted molar refractivity (Wildman–Crippen MR) is 523 cm³/mol. The van der Waals surface area contributed by atoms with E-state index in [-0.39, 0.29) is 63.5 Å². The van der Waals surface area contributed by atoms with Crippen molar-refractivity contribution in [3.05, 3.63) is 284 Å². The quantitative estimate of drug-likeness (QED) is 0.0452. The number of hydrogen-bond donors (Lipinski definition) is 1. The zero-order chi connectivity index (χ0) is 88.2. The molecule has 5 aliphatic heterocycles. The molecule has 0 saturated heterocycles. The van der Waals surface area contributed by atoms with Gasteiger partial charge in [-0.15, -0.1) is 56.7 Å². The van der Waals surface area contributed by atoms with Gasteiger partial charge in [-0.3, -0.25) is 43.7 Å². The van der Waals surface area contributed by atoms with Crippen molar-refractivity contribution < 1.29 is 24.3 Å². The molecule has 0 spiro atoms. The van der Waals surface area contributed by atoms with E-state index in [1.54, 1.807) is 27.7 Å². The van der Waals surface area contributed by atoms with Crippen LogP contribution in [0, 0.1) is 21.7 Å². The number of Topliss-reactive ketones (excluding diaryl/α,β-unsaturated/α-hetero) is 4. The standard InChI is InChI=1S/2C22H28ClNOS.2C21H26ClNOS.C17H20ClNOS/c2*1-16(25)22(2,3)12-6-9-20(18-7-4-5-8-19(18)23)24-13-10-21-17(15-24)11-14-26-21;2*1-15(24)21(2,3)11-8-19(17-6-4-5-7-18(17)22)23-12-9-20-16(14-23)10-13-25-20;18-15-5-2-1-4-14(15)16(6-3-10-20)19-9-7-17-13(12-19)8-11-21-17/h2*4-5,7-8,11,14,20H,6,9-10,12-13,15H2,1-3H3;2*4-7,10,13,19H,8-9,11-12,14H2,1-3H3;1-2,4-5,8,11,16,20H,3,6-7,9-10,12H2.